The predicted molar refractivity (Wildman–Crippen MR) is 77.1 cm³/mol. The Balaban J connectivity index is 1.85. The molecule has 5 heteroatoms. The van der Waals surface area contributed by atoms with E-state index in [2.05, 4.69) is 50.7 Å². The van der Waals surface area contributed by atoms with Crippen LogP contribution < -0.4 is 5.46 Å². The minimum atomic E-state index is 0.501. The van der Waals surface area contributed by atoms with Gasteiger partial charge in [0.2, 0.25) is 0 Å². The van der Waals surface area contributed by atoms with Crippen molar-refractivity contribution in [3.63, 3.8) is 0 Å². The highest BCUT2D eigenvalue weighted by Gasteiger charge is 2.21. The van der Waals surface area contributed by atoms with Gasteiger partial charge >= 0.3 is 0 Å². The molecule has 3 rings (SSSR count). The van der Waals surface area contributed by atoms with E-state index in [1.165, 1.54) is 16.6 Å². The van der Waals surface area contributed by atoms with Crippen LogP contribution in [0.2, 0.25) is 6.22 Å². The predicted octanol–water partition coefficient (Wildman–Crippen LogP) is 0.861. The Hall–Kier alpha value is -1.37. The fraction of sp³-hybridized carbons (Fsp3) is 0.0833. The van der Waals surface area contributed by atoms with Crippen LogP contribution in [0.5, 0.6) is 0 Å². The lowest BCUT2D eigenvalue weighted by molar-refractivity contribution is 1.33. The van der Waals surface area contributed by atoms with Crippen LogP contribution in [-0.4, -0.2) is 32.9 Å². The summed E-state index contributed by atoms with van der Waals surface area (Å²) in [5, 5.41) is 0. The molecule has 1 nitrogen and oxygen atoms in total. The number of benzene rings is 1. The second kappa shape index (κ2) is 4.87. The SMILES string of the molecule is [B]1[B]B(c2ccc(-c3ccncc3)cc2)[B]C1. The van der Waals surface area contributed by atoms with Crippen molar-refractivity contribution in [2.45, 2.75) is 6.22 Å². The van der Waals surface area contributed by atoms with E-state index < -0.39 is 0 Å². The summed E-state index contributed by atoms with van der Waals surface area (Å²) in [5.74, 6) is 0. The number of aromatic nitrogens is 1. The second-order valence-electron chi connectivity index (χ2n) is 4.28. The lowest BCUT2D eigenvalue weighted by atomic mass is 9.03. The standard InChI is InChI=1S/C12H10B4N/c1-3-12(16-14-9-13-15-16)4-2-10(1)11-5-7-17-8-6-11/h1-8H,9H2. The summed E-state index contributed by atoms with van der Waals surface area (Å²) >= 11 is 0. The van der Waals surface area contributed by atoms with Crippen molar-refractivity contribution in [1.29, 1.82) is 0 Å². The fourth-order valence-corrected chi connectivity index (χ4v) is 2.22. The van der Waals surface area contributed by atoms with Gasteiger partial charge in [-0.15, -0.1) is 6.22 Å². The van der Waals surface area contributed by atoms with Crippen LogP contribution in [0, 0.1) is 0 Å². The van der Waals surface area contributed by atoms with E-state index in [1.54, 1.807) is 0 Å². The summed E-state index contributed by atoms with van der Waals surface area (Å²) in [5.41, 5.74) is 3.84. The van der Waals surface area contributed by atoms with E-state index in [0.29, 0.717) is 6.49 Å². The van der Waals surface area contributed by atoms with Gasteiger partial charge in [-0.1, -0.05) is 29.7 Å². The third-order valence-electron chi connectivity index (χ3n) is 3.18. The van der Waals surface area contributed by atoms with E-state index in [1.807, 2.05) is 24.5 Å². The topological polar surface area (TPSA) is 12.9 Å². The maximum Gasteiger partial charge on any atom is 0.0903 e. The largest absolute Gasteiger partial charge is 0.265 e. The molecule has 2 heterocycles. The quantitative estimate of drug-likeness (QED) is 0.672. The Morgan fingerprint density at radius 2 is 1.65 bits per heavy atom. The summed E-state index contributed by atoms with van der Waals surface area (Å²) in [4.78, 5) is 4.04. The summed E-state index contributed by atoms with van der Waals surface area (Å²) in [6, 6.07) is 12.9. The number of hydrogen-bond acceptors (Lipinski definition) is 1. The molecule has 2 aromatic rings. The van der Waals surface area contributed by atoms with Crippen molar-refractivity contribution >= 4 is 33.4 Å². The van der Waals surface area contributed by atoms with Gasteiger partial charge in [0, 0.05) is 26.6 Å². The monoisotopic (exact) mass is 212 g/mol. The maximum absolute atomic E-state index is 4.04. The summed E-state index contributed by atoms with van der Waals surface area (Å²) in [7, 11) is 6.82. The Kier molecular flexibility index (Phi) is 3.08. The number of pyridine rings is 1. The van der Waals surface area contributed by atoms with Crippen molar-refractivity contribution < 1.29 is 0 Å². The average molecular weight is 211 g/mol. The van der Waals surface area contributed by atoms with Crippen molar-refractivity contribution in [3.8, 4) is 11.1 Å². The van der Waals surface area contributed by atoms with Crippen LogP contribution in [0.1, 0.15) is 0 Å². The Bertz CT molecular complexity index is 480. The van der Waals surface area contributed by atoms with Gasteiger partial charge in [-0.05, 0) is 23.3 Å². The Labute approximate surface area is 105 Å². The molecule has 0 saturated carbocycles. The lowest BCUT2D eigenvalue weighted by Crippen LogP contribution is -2.38. The van der Waals surface area contributed by atoms with Crippen molar-refractivity contribution in [2.75, 3.05) is 0 Å². The first-order chi connectivity index (χ1) is 8.43. The first-order valence-electron chi connectivity index (χ1n) is 5.94. The third-order valence-corrected chi connectivity index (χ3v) is 3.18. The molecule has 1 saturated heterocycles. The van der Waals surface area contributed by atoms with Gasteiger partial charge in [0.25, 0.3) is 0 Å². The molecule has 1 aliphatic heterocycles. The second-order valence-corrected chi connectivity index (χ2v) is 4.28. The highest BCUT2D eigenvalue weighted by atomic mass is 14.6. The van der Waals surface area contributed by atoms with Gasteiger partial charge in [0.1, 0.15) is 0 Å². The average Bonchev–Trinajstić information content (AvgIpc) is 2.94. The number of nitrogens with zero attached hydrogens (tertiary/aromatic N) is 1. The van der Waals surface area contributed by atoms with Crippen LogP contribution in [0.4, 0.5) is 0 Å². The van der Waals surface area contributed by atoms with Crippen molar-refractivity contribution in [1.82, 2.24) is 4.98 Å². The highest BCUT2D eigenvalue weighted by molar-refractivity contribution is 7.61. The molecular formula is C12H10B4N. The number of hydrogen-bond donors (Lipinski definition) is 0. The first kappa shape index (κ1) is 10.8. The van der Waals surface area contributed by atoms with Crippen molar-refractivity contribution in [3.05, 3.63) is 48.8 Å². The third kappa shape index (κ3) is 2.33. The van der Waals surface area contributed by atoms with Gasteiger partial charge in [0.15, 0.2) is 0 Å². The van der Waals surface area contributed by atoms with E-state index in [0.717, 1.165) is 6.22 Å². The smallest absolute Gasteiger partial charge is 0.0903 e. The number of rotatable bonds is 2. The van der Waals surface area contributed by atoms with Gasteiger partial charge < -0.3 is 0 Å². The zero-order valence-corrected chi connectivity index (χ0v) is 9.58. The minimum Gasteiger partial charge on any atom is -0.265 e. The first-order valence-corrected chi connectivity index (χ1v) is 5.94. The van der Waals surface area contributed by atoms with Gasteiger partial charge in [0.05, 0.1) is 13.7 Å². The normalized spacial score (nSPS) is 13.8. The van der Waals surface area contributed by atoms with Crippen LogP contribution in [0.15, 0.2) is 48.8 Å². The highest BCUT2D eigenvalue weighted by Crippen LogP contribution is 2.16. The fourth-order valence-electron chi connectivity index (χ4n) is 2.22. The van der Waals surface area contributed by atoms with Gasteiger partial charge in [-0.3, -0.25) is 4.98 Å². The van der Waals surface area contributed by atoms with Gasteiger partial charge in [-0.2, -0.15) is 0 Å². The minimum absolute atomic E-state index is 0.501. The molecule has 0 amide bonds. The Morgan fingerprint density at radius 3 is 2.29 bits per heavy atom. The zero-order valence-electron chi connectivity index (χ0n) is 9.58. The molecule has 0 bridgehead atoms. The Morgan fingerprint density at radius 1 is 0.941 bits per heavy atom. The molecule has 0 N–H and O–H groups in total. The molecule has 0 spiro atoms. The molecule has 0 atom stereocenters. The molecule has 0 unspecified atom stereocenters. The van der Waals surface area contributed by atoms with Crippen LogP contribution >= 0.6 is 0 Å². The molecule has 1 aliphatic rings. The molecule has 3 radical (unpaired) electrons. The van der Waals surface area contributed by atoms with Gasteiger partial charge in [-0.25, -0.2) is 0 Å². The molecule has 1 fully saturated rings. The van der Waals surface area contributed by atoms with Crippen LogP contribution in [0.25, 0.3) is 11.1 Å². The van der Waals surface area contributed by atoms with E-state index in [-0.39, 0.29) is 0 Å². The van der Waals surface area contributed by atoms with Crippen molar-refractivity contribution in [2.24, 2.45) is 0 Å². The molecule has 1 aromatic carbocycles. The van der Waals surface area contributed by atoms with E-state index in [4.69, 9.17) is 0 Å². The molecular weight excluding hydrogens is 201 g/mol. The zero-order chi connectivity index (χ0) is 11.5. The summed E-state index contributed by atoms with van der Waals surface area (Å²) in [6.07, 6.45) is 4.75. The molecule has 75 valence electrons. The van der Waals surface area contributed by atoms with Crippen LogP contribution in [0.3, 0.4) is 0 Å². The molecule has 17 heavy (non-hydrogen) atoms. The van der Waals surface area contributed by atoms with E-state index >= 15 is 0 Å². The lowest BCUT2D eigenvalue weighted by Gasteiger charge is -2.08. The van der Waals surface area contributed by atoms with E-state index in [9.17, 15) is 0 Å². The van der Waals surface area contributed by atoms with Crippen LogP contribution in [-0.2, 0) is 0 Å². The maximum atomic E-state index is 4.04. The molecule has 1 aromatic heterocycles. The molecule has 0 aliphatic carbocycles. The summed E-state index contributed by atoms with van der Waals surface area (Å²) < 4.78 is 0. The summed E-state index contributed by atoms with van der Waals surface area (Å²) in [6.45, 7) is 0.501.